The molecule has 1 aromatic rings. The summed E-state index contributed by atoms with van der Waals surface area (Å²) in [6.45, 7) is 1.40. The lowest BCUT2D eigenvalue weighted by Crippen LogP contribution is -2.21. The molecule has 8 heteroatoms. The van der Waals surface area contributed by atoms with Crippen molar-refractivity contribution in [2.75, 3.05) is 12.4 Å². The fourth-order valence-corrected chi connectivity index (χ4v) is 1.23. The number of rotatable bonds is 4. The van der Waals surface area contributed by atoms with Gasteiger partial charge in [-0.15, -0.1) is 0 Å². The summed E-state index contributed by atoms with van der Waals surface area (Å²) in [7, 11) is 1.02. The smallest absolute Gasteiger partial charge is 0.318 e. The highest BCUT2D eigenvalue weighted by atomic mass is 19.3. The number of amides is 1. The van der Waals surface area contributed by atoms with Crippen molar-refractivity contribution in [3.8, 4) is 0 Å². The van der Waals surface area contributed by atoms with Crippen molar-refractivity contribution < 1.29 is 27.7 Å². The number of benzene rings is 1. The third-order valence-corrected chi connectivity index (χ3v) is 2.14. The van der Waals surface area contributed by atoms with E-state index in [1.165, 1.54) is 13.0 Å². The Labute approximate surface area is 100 Å². The summed E-state index contributed by atoms with van der Waals surface area (Å²) in [6, 6.07) is 2.41. The average Bonchev–Trinajstić information content (AvgIpc) is 2.33. The van der Waals surface area contributed by atoms with E-state index in [2.05, 4.69) is 4.84 Å². The van der Waals surface area contributed by atoms with Crippen molar-refractivity contribution >= 4 is 17.3 Å². The van der Waals surface area contributed by atoms with Gasteiger partial charge in [0.25, 0.3) is 10.8 Å². The maximum absolute atomic E-state index is 13.8. The molecular formula is C10H10F3N2O3+. The van der Waals surface area contributed by atoms with Crippen LogP contribution in [0.25, 0.3) is 0 Å². The monoisotopic (exact) mass is 263 g/mol. The molecule has 0 bridgehead atoms. The van der Waals surface area contributed by atoms with E-state index in [1.54, 1.807) is 5.32 Å². The number of aryl methyl sites for hydroxylation is 1. The molecule has 0 aromatic heterocycles. The normalized spacial score (nSPS) is 10.3. The second-order valence-corrected chi connectivity index (χ2v) is 3.32. The average molecular weight is 263 g/mol. The SMILES string of the molecule is CO[N+](=O)c1ccc(C)c(NC(=O)C(F)F)c1F. The standard InChI is InChI=1S/C10H9F3N2O3/c1-5-3-4-6(15(17)18-2)7(11)8(5)14-10(16)9(12)13/h3-4,9H,1-2H3/p+1. The molecular weight excluding hydrogens is 253 g/mol. The summed E-state index contributed by atoms with van der Waals surface area (Å²) in [4.78, 5) is 26.0. The number of anilines is 1. The van der Waals surface area contributed by atoms with Crippen molar-refractivity contribution in [3.63, 3.8) is 0 Å². The van der Waals surface area contributed by atoms with Crippen LogP contribution in [0, 0.1) is 17.6 Å². The third kappa shape index (κ3) is 2.76. The second kappa shape index (κ2) is 5.48. The molecule has 1 rings (SSSR count). The first-order valence-corrected chi connectivity index (χ1v) is 4.78. The van der Waals surface area contributed by atoms with E-state index >= 15 is 0 Å². The number of carbonyl (C=O) groups is 1. The lowest BCUT2D eigenvalue weighted by molar-refractivity contribution is -0.737. The highest BCUT2D eigenvalue weighted by Crippen LogP contribution is 2.28. The van der Waals surface area contributed by atoms with Gasteiger partial charge in [-0.1, -0.05) is 6.07 Å². The maximum Gasteiger partial charge on any atom is 0.354 e. The van der Waals surface area contributed by atoms with Crippen molar-refractivity contribution in [2.45, 2.75) is 13.3 Å². The zero-order chi connectivity index (χ0) is 13.9. The molecule has 0 atom stereocenters. The van der Waals surface area contributed by atoms with E-state index in [4.69, 9.17) is 0 Å². The number of hydrogen-bond acceptors (Lipinski definition) is 3. The largest absolute Gasteiger partial charge is 0.354 e. The number of nitrogens with one attached hydrogen (secondary N) is 1. The molecule has 0 spiro atoms. The van der Waals surface area contributed by atoms with Crippen LogP contribution in [-0.2, 0) is 9.63 Å². The molecule has 0 fully saturated rings. The summed E-state index contributed by atoms with van der Waals surface area (Å²) in [5, 5.41) is 1.71. The number of carbonyl (C=O) groups excluding carboxylic acids is 1. The van der Waals surface area contributed by atoms with Gasteiger partial charge in [0.15, 0.2) is 7.11 Å². The molecule has 0 aliphatic rings. The van der Waals surface area contributed by atoms with Gasteiger partial charge in [-0.25, -0.2) is 4.84 Å². The van der Waals surface area contributed by atoms with Crippen LogP contribution in [0.15, 0.2) is 12.1 Å². The number of nitrogens with zero attached hydrogens (tertiary/aromatic N) is 1. The summed E-state index contributed by atoms with van der Waals surface area (Å²) in [5.41, 5.74) is -0.793. The van der Waals surface area contributed by atoms with Crippen LogP contribution < -0.4 is 5.32 Å². The molecule has 1 amide bonds. The van der Waals surface area contributed by atoms with Gasteiger partial charge in [-0.3, -0.25) is 4.79 Å². The topological polar surface area (TPSA) is 58.4 Å². The van der Waals surface area contributed by atoms with Gasteiger partial charge < -0.3 is 5.32 Å². The molecule has 0 saturated carbocycles. The van der Waals surface area contributed by atoms with Crippen molar-refractivity contribution in [1.82, 2.24) is 0 Å². The molecule has 1 aromatic carbocycles. The maximum atomic E-state index is 13.8. The summed E-state index contributed by atoms with van der Waals surface area (Å²) < 4.78 is 38.0. The minimum Gasteiger partial charge on any atom is -0.318 e. The summed E-state index contributed by atoms with van der Waals surface area (Å²) >= 11 is 0. The van der Waals surface area contributed by atoms with Gasteiger partial charge in [0.05, 0.1) is 10.6 Å². The molecule has 18 heavy (non-hydrogen) atoms. The van der Waals surface area contributed by atoms with E-state index in [0.29, 0.717) is 0 Å². The molecule has 0 aliphatic carbocycles. The molecule has 5 nitrogen and oxygen atoms in total. The molecule has 1 N–H and O–H groups in total. The first-order valence-electron chi connectivity index (χ1n) is 4.78. The fourth-order valence-electron chi connectivity index (χ4n) is 1.23. The Bertz CT molecular complexity index is 492. The Morgan fingerprint density at radius 3 is 2.56 bits per heavy atom. The van der Waals surface area contributed by atoms with E-state index in [9.17, 15) is 22.9 Å². The quantitative estimate of drug-likeness (QED) is 0.848. The predicted octanol–water partition coefficient (Wildman–Crippen LogP) is 2.31. The lowest BCUT2D eigenvalue weighted by Gasteiger charge is -2.08. The summed E-state index contributed by atoms with van der Waals surface area (Å²) in [6.07, 6.45) is -3.28. The van der Waals surface area contributed by atoms with Gasteiger partial charge in [0, 0.05) is 6.07 Å². The number of alkyl halides is 2. The van der Waals surface area contributed by atoms with E-state index in [1.807, 2.05) is 0 Å². The first-order chi connectivity index (χ1) is 8.38. The zero-order valence-electron chi connectivity index (χ0n) is 9.54. The van der Waals surface area contributed by atoms with Crippen LogP contribution in [0.2, 0.25) is 0 Å². The minimum absolute atomic E-state index is 0.132. The molecule has 0 saturated heterocycles. The van der Waals surface area contributed by atoms with Gasteiger partial charge in [-0.05, 0) is 12.5 Å². The van der Waals surface area contributed by atoms with Gasteiger partial charge in [0.1, 0.15) is 0 Å². The van der Waals surface area contributed by atoms with Crippen LogP contribution in [0.5, 0.6) is 0 Å². The van der Waals surface area contributed by atoms with E-state index in [-0.39, 0.29) is 10.5 Å². The van der Waals surface area contributed by atoms with Crippen LogP contribution >= 0.6 is 0 Å². The third-order valence-electron chi connectivity index (χ3n) is 2.14. The Morgan fingerprint density at radius 2 is 2.06 bits per heavy atom. The summed E-state index contributed by atoms with van der Waals surface area (Å²) in [5.74, 6) is -2.79. The Kier molecular flexibility index (Phi) is 4.24. The Hall–Kier alpha value is -2.12. The molecule has 0 heterocycles. The van der Waals surface area contributed by atoms with E-state index in [0.717, 1.165) is 13.2 Å². The van der Waals surface area contributed by atoms with Crippen LogP contribution in [0.4, 0.5) is 24.5 Å². The number of halogens is 3. The zero-order valence-corrected chi connectivity index (χ0v) is 9.54. The Morgan fingerprint density at radius 1 is 1.44 bits per heavy atom. The molecule has 0 unspecified atom stereocenters. The highest BCUT2D eigenvalue weighted by Gasteiger charge is 2.27. The predicted molar refractivity (Wildman–Crippen MR) is 56.1 cm³/mol. The van der Waals surface area contributed by atoms with Crippen LogP contribution in [0.1, 0.15) is 5.56 Å². The first kappa shape index (κ1) is 13.9. The van der Waals surface area contributed by atoms with Crippen molar-refractivity contribution in [3.05, 3.63) is 28.4 Å². The highest BCUT2D eigenvalue weighted by molar-refractivity contribution is 5.94. The molecule has 0 aliphatic heterocycles. The lowest BCUT2D eigenvalue weighted by atomic mass is 10.1. The van der Waals surface area contributed by atoms with Crippen molar-refractivity contribution in [1.29, 1.82) is 0 Å². The van der Waals surface area contributed by atoms with Gasteiger partial charge >= 0.3 is 12.1 Å². The van der Waals surface area contributed by atoms with Gasteiger partial charge in [-0.2, -0.15) is 13.2 Å². The van der Waals surface area contributed by atoms with Crippen LogP contribution in [0.3, 0.4) is 0 Å². The Balaban J connectivity index is 3.18. The van der Waals surface area contributed by atoms with Crippen LogP contribution in [-0.4, -0.2) is 24.4 Å². The van der Waals surface area contributed by atoms with E-state index < -0.39 is 29.5 Å². The molecule has 0 radical (unpaired) electrons. The fraction of sp³-hybridized carbons (Fsp3) is 0.300. The second-order valence-electron chi connectivity index (χ2n) is 3.32. The number of hydrogen-bond donors (Lipinski definition) is 1. The van der Waals surface area contributed by atoms with Crippen molar-refractivity contribution in [2.24, 2.45) is 0 Å². The van der Waals surface area contributed by atoms with Gasteiger partial charge in [0.2, 0.25) is 5.82 Å². The molecule has 98 valence electrons. The minimum atomic E-state index is -3.28.